The Morgan fingerprint density at radius 3 is 2.89 bits per heavy atom. The number of nitrogens with one attached hydrogen (secondary N) is 3. The molecule has 0 aliphatic heterocycles. The van der Waals surface area contributed by atoms with E-state index in [4.69, 9.17) is 11.6 Å². The van der Waals surface area contributed by atoms with Crippen LogP contribution in [0.15, 0.2) is 36.7 Å². The number of carbonyl (C=O) groups is 2. The molecule has 1 heterocycles. The summed E-state index contributed by atoms with van der Waals surface area (Å²) in [4.78, 5) is 29.8. The molecular formula is C12H11ClN4O2. The smallest absolute Gasteiger partial charge is 0.251 e. The maximum atomic E-state index is 11.7. The Morgan fingerprint density at radius 1 is 1.37 bits per heavy atom. The summed E-state index contributed by atoms with van der Waals surface area (Å²) in [6, 6.07) is 6.48. The molecule has 2 amide bonds. The summed E-state index contributed by atoms with van der Waals surface area (Å²) in [5.41, 5.74) is 0.401. The molecule has 0 spiro atoms. The van der Waals surface area contributed by atoms with Gasteiger partial charge in [-0.1, -0.05) is 17.7 Å². The van der Waals surface area contributed by atoms with E-state index < -0.39 is 0 Å². The minimum atomic E-state index is -0.370. The molecule has 0 saturated heterocycles. The molecule has 1 aromatic heterocycles. The van der Waals surface area contributed by atoms with Gasteiger partial charge in [0, 0.05) is 23.0 Å². The molecule has 0 unspecified atom stereocenters. The molecule has 6 nitrogen and oxygen atoms in total. The van der Waals surface area contributed by atoms with E-state index >= 15 is 0 Å². The van der Waals surface area contributed by atoms with Crippen LogP contribution < -0.4 is 10.6 Å². The molecule has 0 aliphatic carbocycles. The zero-order valence-corrected chi connectivity index (χ0v) is 10.6. The predicted octanol–water partition coefficient (Wildman–Crippen LogP) is 1.43. The van der Waals surface area contributed by atoms with Crippen molar-refractivity contribution in [1.82, 2.24) is 15.3 Å². The van der Waals surface area contributed by atoms with Crippen LogP contribution in [0.25, 0.3) is 0 Å². The second kappa shape index (κ2) is 6.01. The van der Waals surface area contributed by atoms with Crippen LogP contribution in [0, 0.1) is 0 Å². The fourth-order valence-electron chi connectivity index (χ4n) is 1.40. The SMILES string of the molecule is O=C(CNC(=O)c1cccc(Cl)c1)Nc1ncc[nH]1. The van der Waals surface area contributed by atoms with Gasteiger partial charge in [0.15, 0.2) is 0 Å². The van der Waals surface area contributed by atoms with E-state index in [-0.39, 0.29) is 18.4 Å². The third-order valence-corrected chi connectivity index (χ3v) is 2.49. The zero-order chi connectivity index (χ0) is 13.7. The van der Waals surface area contributed by atoms with E-state index in [0.717, 1.165) is 0 Å². The van der Waals surface area contributed by atoms with Crippen molar-refractivity contribution < 1.29 is 9.59 Å². The van der Waals surface area contributed by atoms with Gasteiger partial charge in [-0.3, -0.25) is 14.9 Å². The molecule has 0 bridgehead atoms. The minimum Gasteiger partial charge on any atom is -0.343 e. The topological polar surface area (TPSA) is 86.9 Å². The van der Waals surface area contributed by atoms with E-state index in [1.807, 2.05) is 0 Å². The van der Waals surface area contributed by atoms with Crippen LogP contribution in [-0.2, 0) is 4.79 Å². The maximum Gasteiger partial charge on any atom is 0.251 e. The number of amides is 2. The van der Waals surface area contributed by atoms with Gasteiger partial charge < -0.3 is 10.3 Å². The monoisotopic (exact) mass is 278 g/mol. The standard InChI is InChI=1S/C12H11ClN4O2/c13-9-3-1-2-8(6-9)11(19)16-7-10(18)17-12-14-4-5-15-12/h1-6H,7H2,(H,16,19)(H2,14,15,17,18). The summed E-state index contributed by atoms with van der Waals surface area (Å²) in [6.07, 6.45) is 3.10. The molecule has 0 saturated carbocycles. The van der Waals surface area contributed by atoms with E-state index in [1.165, 1.54) is 12.3 Å². The number of aromatic amines is 1. The molecule has 0 fully saturated rings. The van der Waals surface area contributed by atoms with Crippen LogP contribution >= 0.6 is 11.6 Å². The number of H-pyrrole nitrogens is 1. The van der Waals surface area contributed by atoms with Gasteiger partial charge in [0.25, 0.3) is 5.91 Å². The molecule has 19 heavy (non-hydrogen) atoms. The van der Waals surface area contributed by atoms with E-state index in [2.05, 4.69) is 20.6 Å². The minimum absolute atomic E-state index is 0.147. The van der Waals surface area contributed by atoms with Crippen LogP contribution in [0.2, 0.25) is 5.02 Å². The number of nitrogens with zero attached hydrogens (tertiary/aromatic N) is 1. The largest absolute Gasteiger partial charge is 0.343 e. The van der Waals surface area contributed by atoms with Crippen molar-refractivity contribution in [1.29, 1.82) is 0 Å². The van der Waals surface area contributed by atoms with E-state index in [9.17, 15) is 9.59 Å². The Morgan fingerprint density at radius 2 is 2.21 bits per heavy atom. The van der Waals surface area contributed by atoms with Crippen LogP contribution in [0.5, 0.6) is 0 Å². The van der Waals surface area contributed by atoms with Gasteiger partial charge in [0.05, 0.1) is 6.54 Å². The Kier molecular flexibility index (Phi) is 4.15. The Hall–Kier alpha value is -2.34. The van der Waals surface area contributed by atoms with Gasteiger partial charge in [0.1, 0.15) is 0 Å². The lowest BCUT2D eigenvalue weighted by Crippen LogP contribution is -2.33. The van der Waals surface area contributed by atoms with Crippen molar-refractivity contribution in [2.24, 2.45) is 0 Å². The van der Waals surface area contributed by atoms with Gasteiger partial charge in [-0.25, -0.2) is 4.98 Å². The molecule has 2 aromatic rings. The van der Waals surface area contributed by atoms with Crippen LogP contribution in [0.4, 0.5) is 5.95 Å². The lowest BCUT2D eigenvalue weighted by Gasteiger charge is -2.05. The average Bonchev–Trinajstić information content (AvgIpc) is 2.88. The van der Waals surface area contributed by atoms with Crippen molar-refractivity contribution >= 4 is 29.4 Å². The summed E-state index contributed by atoms with van der Waals surface area (Å²) in [5.74, 6) is -0.399. The Labute approximate surface area is 114 Å². The van der Waals surface area contributed by atoms with E-state index in [1.54, 1.807) is 24.4 Å². The highest BCUT2D eigenvalue weighted by Gasteiger charge is 2.09. The first kappa shape index (κ1) is 13.1. The number of hydrogen-bond donors (Lipinski definition) is 3. The molecule has 1 aromatic carbocycles. The summed E-state index contributed by atoms with van der Waals surface area (Å²) in [5, 5.41) is 5.45. The molecular weight excluding hydrogens is 268 g/mol. The first-order valence-corrected chi connectivity index (χ1v) is 5.86. The fourth-order valence-corrected chi connectivity index (χ4v) is 1.59. The number of aromatic nitrogens is 2. The van der Waals surface area contributed by atoms with Gasteiger partial charge >= 0.3 is 0 Å². The highest BCUT2D eigenvalue weighted by Crippen LogP contribution is 2.10. The normalized spacial score (nSPS) is 9.95. The lowest BCUT2D eigenvalue weighted by molar-refractivity contribution is -0.115. The summed E-state index contributed by atoms with van der Waals surface area (Å²) in [7, 11) is 0. The maximum absolute atomic E-state index is 11.7. The molecule has 7 heteroatoms. The molecule has 2 rings (SSSR count). The summed E-state index contributed by atoms with van der Waals surface area (Å²) >= 11 is 5.77. The average molecular weight is 279 g/mol. The third-order valence-electron chi connectivity index (χ3n) is 2.25. The number of benzene rings is 1. The number of hydrogen-bond acceptors (Lipinski definition) is 3. The van der Waals surface area contributed by atoms with Crippen molar-refractivity contribution in [2.75, 3.05) is 11.9 Å². The highest BCUT2D eigenvalue weighted by atomic mass is 35.5. The number of carbonyl (C=O) groups excluding carboxylic acids is 2. The predicted molar refractivity (Wildman–Crippen MR) is 71.0 cm³/mol. The quantitative estimate of drug-likeness (QED) is 0.791. The highest BCUT2D eigenvalue weighted by molar-refractivity contribution is 6.30. The van der Waals surface area contributed by atoms with Crippen molar-refractivity contribution in [3.63, 3.8) is 0 Å². The first-order chi connectivity index (χ1) is 9.15. The number of imidazole rings is 1. The van der Waals surface area contributed by atoms with Crippen molar-refractivity contribution in [3.05, 3.63) is 47.2 Å². The van der Waals surface area contributed by atoms with Gasteiger partial charge in [-0.2, -0.15) is 0 Å². The molecule has 0 aliphatic rings. The Balaban J connectivity index is 1.85. The Bertz CT molecular complexity index is 583. The fraction of sp³-hybridized carbons (Fsp3) is 0.0833. The third kappa shape index (κ3) is 3.82. The summed E-state index contributed by atoms with van der Waals surface area (Å²) in [6.45, 7) is -0.147. The number of rotatable bonds is 4. The lowest BCUT2D eigenvalue weighted by atomic mass is 10.2. The van der Waals surface area contributed by atoms with E-state index in [0.29, 0.717) is 16.5 Å². The number of halogens is 1. The van der Waals surface area contributed by atoms with Crippen molar-refractivity contribution in [2.45, 2.75) is 0 Å². The first-order valence-electron chi connectivity index (χ1n) is 5.48. The molecule has 0 atom stereocenters. The van der Waals surface area contributed by atoms with Crippen LogP contribution in [0.1, 0.15) is 10.4 Å². The van der Waals surface area contributed by atoms with Gasteiger partial charge in [-0.15, -0.1) is 0 Å². The van der Waals surface area contributed by atoms with Crippen molar-refractivity contribution in [3.8, 4) is 0 Å². The molecule has 98 valence electrons. The molecule has 3 N–H and O–H groups in total. The molecule has 0 radical (unpaired) electrons. The summed E-state index contributed by atoms with van der Waals surface area (Å²) < 4.78 is 0. The number of anilines is 1. The second-order valence-corrected chi connectivity index (χ2v) is 4.12. The van der Waals surface area contributed by atoms with Gasteiger partial charge in [-0.05, 0) is 18.2 Å². The van der Waals surface area contributed by atoms with Crippen LogP contribution in [-0.4, -0.2) is 28.3 Å². The van der Waals surface area contributed by atoms with Gasteiger partial charge in [0.2, 0.25) is 11.9 Å². The van der Waals surface area contributed by atoms with Crippen LogP contribution in [0.3, 0.4) is 0 Å². The second-order valence-electron chi connectivity index (χ2n) is 3.68. The zero-order valence-electron chi connectivity index (χ0n) is 9.81.